The van der Waals surface area contributed by atoms with Crippen molar-refractivity contribution in [1.29, 1.82) is 0 Å². The highest BCUT2D eigenvalue weighted by atomic mass is 15.2. The van der Waals surface area contributed by atoms with Gasteiger partial charge in [0.1, 0.15) is 0 Å². The number of hydrogen-bond acceptors (Lipinski definition) is 2. The van der Waals surface area contributed by atoms with Gasteiger partial charge in [0.05, 0.1) is 0 Å². The quantitative estimate of drug-likeness (QED) is 0.145. The van der Waals surface area contributed by atoms with Crippen molar-refractivity contribution in [2.24, 2.45) is 0 Å². The van der Waals surface area contributed by atoms with E-state index in [0.717, 1.165) is 24.2 Å². The molecule has 44 heavy (non-hydrogen) atoms. The Morgan fingerprint density at radius 2 is 0.659 bits per heavy atom. The fraction of sp³-hybridized carbons (Fsp3) is 0.286. The van der Waals surface area contributed by atoms with Crippen molar-refractivity contribution in [3.05, 3.63) is 143 Å². The molecule has 0 amide bonds. The Kier molecular flexibility index (Phi) is 10.2. The number of rotatable bonds is 12. The first kappa shape index (κ1) is 31.1. The lowest BCUT2D eigenvalue weighted by Crippen LogP contribution is -2.12. The van der Waals surface area contributed by atoms with Crippen molar-refractivity contribution >= 4 is 34.1 Å². The fourth-order valence-electron chi connectivity index (χ4n) is 5.76. The first-order valence-corrected chi connectivity index (χ1v) is 16.4. The van der Waals surface area contributed by atoms with Crippen LogP contribution in [0.3, 0.4) is 0 Å². The Morgan fingerprint density at radius 3 is 0.955 bits per heavy atom. The minimum Gasteiger partial charge on any atom is -0.310 e. The summed E-state index contributed by atoms with van der Waals surface area (Å²) in [4.78, 5) is 4.76. The van der Waals surface area contributed by atoms with Gasteiger partial charge in [0.25, 0.3) is 0 Å². The molecule has 0 aliphatic carbocycles. The van der Waals surface area contributed by atoms with E-state index in [-0.39, 0.29) is 0 Å². The summed E-state index contributed by atoms with van der Waals surface area (Å²) >= 11 is 0. The average Bonchev–Trinajstić information content (AvgIpc) is 3.04. The van der Waals surface area contributed by atoms with Crippen molar-refractivity contribution in [1.82, 2.24) is 0 Å². The molecule has 0 heterocycles. The van der Waals surface area contributed by atoms with E-state index < -0.39 is 0 Å². The van der Waals surface area contributed by atoms with Crippen molar-refractivity contribution in [3.63, 3.8) is 0 Å². The SMILES string of the molecule is CCCCc1ccc(N(c2ccc(N(c3ccc(CCCC)cc3)c3ccc(C)c(C)c3)cc2)c2ccc(C)c(C)c2)cc1. The summed E-state index contributed by atoms with van der Waals surface area (Å²) in [7, 11) is 0. The standard InChI is InChI=1S/C42H48N2/c1-7-9-11-35-15-21-37(22-16-35)43(41-19-13-31(3)33(5)29-41)39-25-27-40(28-26-39)44(42-20-14-32(4)34(6)30-42)38-23-17-36(18-24-38)12-10-8-2/h13-30H,7-12H2,1-6H3. The minimum atomic E-state index is 1.13. The van der Waals surface area contributed by atoms with Crippen molar-refractivity contribution in [3.8, 4) is 0 Å². The van der Waals surface area contributed by atoms with Crippen molar-refractivity contribution in [2.75, 3.05) is 9.80 Å². The second-order valence-corrected chi connectivity index (χ2v) is 12.3. The van der Waals surface area contributed by atoms with Crippen LogP contribution in [0.2, 0.25) is 0 Å². The second kappa shape index (κ2) is 14.4. The lowest BCUT2D eigenvalue weighted by Gasteiger charge is -2.29. The summed E-state index contributed by atoms with van der Waals surface area (Å²) in [6.45, 7) is 13.3. The van der Waals surface area contributed by atoms with Gasteiger partial charge < -0.3 is 9.80 Å². The van der Waals surface area contributed by atoms with Gasteiger partial charge in [-0.1, -0.05) is 63.1 Å². The largest absolute Gasteiger partial charge is 0.310 e. The molecular weight excluding hydrogens is 532 g/mol. The molecule has 5 rings (SSSR count). The predicted octanol–water partition coefficient (Wildman–Crippen LogP) is 12.5. The van der Waals surface area contributed by atoms with Gasteiger partial charge in [-0.3, -0.25) is 0 Å². The zero-order valence-corrected chi connectivity index (χ0v) is 27.5. The topological polar surface area (TPSA) is 6.48 Å². The Morgan fingerprint density at radius 1 is 0.364 bits per heavy atom. The highest BCUT2D eigenvalue weighted by Crippen LogP contribution is 2.40. The Balaban J connectivity index is 1.55. The van der Waals surface area contributed by atoms with Crippen LogP contribution in [0.15, 0.2) is 109 Å². The van der Waals surface area contributed by atoms with Crippen LogP contribution in [-0.2, 0) is 12.8 Å². The van der Waals surface area contributed by atoms with Crippen molar-refractivity contribution in [2.45, 2.75) is 80.1 Å². The molecule has 0 fully saturated rings. The molecule has 0 spiro atoms. The number of aryl methyl sites for hydroxylation is 6. The molecule has 5 aromatic rings. The van der Waals surface area contributed by atoms with Crippen LogP contribution < -0.4 is 9.80 Å². The highest BCUT2D eigenvalue weighted by molar-refractivity contribution is 5.81. The van der Waals surface area contributed by atoms with Gasteiger partial charge in [0.2, 0.25) is 0 Å². The molecule has 0 atom stereocenters. The van der Waals surface area contributed by atoms with E-state index in [1.807, 2.05) is 0 Å². The minimum absolute atomic E-state index is 1.13. The molecule has 0 N–H and O–H groups in total. The molecule has 0 aliphatic heterocycles. The summed E-state index contributed by atoms with van der Waals surface area (Å²) in [5, 5.41) is 0. The van der Waals surface area contributed by atoms with Gasteiger partial charge in [0, 0.05) is 34.1 Å². The average molecular weight is 581 g/mol. The van der Waals surface area contributed by atoms with E-state index in [9.17, 15) is 0 Å². The van der Waals surface area contributed by atoms with Crippen LogP contribution in [0.5, 0.6) is 0 Å². The molecular formula is C42H48N2. The van der Waals surface area contributed by atoms with E-state index in [0.29, 0.717) is 0 Å². The molecule has 0 saturated heterocycles. The molecule has 0 aromatic heterocycles. The summed E-state index contributed by atoms with van der Waals surface area (Å²) in [6.07, 6.45) is 7.13. The van der Waals surface area contributed by atoms with Gasteiger partial charge in [-0.15, -0.1) is 0 Å². The van der Waals surface area contributed by atoms with E-state index >= 15 is 0 Å². The summed E-state index contributed by atoms with van der Waals surface area (Å²) in [5.74, 6) is 0. The van der Waals surface area contributed by atoms with E-state index in [2.05, 4.69) is 161 Å². The smallest absolute Gasteiger partial charge is 0.0464 e. The molecule has 2 heteroatoms. The van der Waals surface area contributed by atoms with Crippen LogP contribution >= 0.6 is 0 Å². The molecule has 0 aliphatic rings. The van der Waals surface area contributed by atoms with Crippen LogP contribution in [-0.4, -0.2) is 0 Å². The van der Waals surface area contributed by atoms with E-state index in [1.165, 1.54) is 81.8 Å². The van der Waals surface area contributed by atoms with Gasteiger partial charge in [0.15, 0.2) is 0 Å². The normalized spacial score (nSPS) is 11.0. The third kappa shape index (κ3) is 7.25. The van der Waals surface area contributed by atoms with Gasteiger partial charge in [-0.25, -0.2) is 0 Å². The molecule has 0 unspecified atom stereocenters. The summed E-state index contributed by atoms with van der Waals surface area (Å²) in [6, 6.07) is 40.8. The second-order valence-electron chi connectivity index (χ2n) is 12.3. The highest BCUT2D eigenvalue weighted by Gasteiger charge is 2.17. The number of unbranched alkanes of at least 4 members (excludes halogenated alkanes) is 2. The molecule has 0 saturated carbocycles. The van der Waals surface area contributed by atoms with Crippen LogP contribution in [0.1, 0.15) is 72.9 Å². The molecule has 226 valence electrons. The van der Waals surface area contributed by atoms with Crippen LogP contribution in [0.25, 0.3) is 0 Å². The van der Waals surface area contributed by atoms with Gasteiger partial charge in [-0.05, 0) is 160 Å². The molecule has 0 radical (unpaired) electrons. The number of hydrogen-bond donors (Lipinski definition) is 0. The first-order chi connectivity index (χ1) is 21.4. The third-order valence-corrected chi connectivity index (χ3v) is 8.89. The Labute approximate surface area is 266 Å². The third-order valence-electron chi connectivity index (χ3n) is 8.89. The van der Waals surface area contributed by atoms with Crippen LogP contribution in [0, 0.1) is 27.7 Å². The summed E-state index contributed by atoms with van der Waals surface area (Å²) in [5.41, 5.74) is 15.0. The zero-order chi connectivity index (χ0) is 31.1. The molecule has 2 nitrogen and oxygen atoms in total. The lowest BCUT2D eigenvalue weighted by atomic mass is 10.0. The Bertz CT molecular complexity index is 1520. The van der Waals surface area contributed by atoms with Gasteiger partial charge >= 0.3 is 0 Å². The zero-order valence-electron chi connectivity index (χ0n) is 27.5. The number of anilines is 6. The maximum atomic E-state index is 2.38. The van der Waals surface area contributed by atoms with E-state index in [1.54, 1.807) is 0 Å². The molecule has 0 bridgehead atoms. The number of benzene rings is 5. The first-order valence-electron chi connectivity index (χ1n) is 16.4. The summed E-state index contributed by atoms with van der Waals surface area (Å²) < 4.78 is 0. The monoisotopic (exact) mass is 580 g/mol. The number of nitrogens with zero attached hydrogens (tertiary/aromatic N) is 2. The predicted molar refractivity (Wildman–Crippen MR) is 192 cm³/mol. The fourth-order valence-corrected chi connectivity index (χ4v) is 5.76. The van der Waals surface area contributed by atoms with Crippen LogP contribution in [0.4, 0.5) is 34.1 Å². The molecule has 5 aromatic carbocycles. The van der Waals surface area contributed by atoms with Gasteiger partial charge in [-0.2, -0.15) is 0 Å². The van der Waals surface area contributed by atoms with Crippen molar-refractivity contribution < 1.29 is 0 Å². The maximum absolute atomic E-state index is 2.38. The van der Waals surface area contributed by atoms with E-state index in [4.69, 9.17) is 0 Å². The maximum Gasteiger partial charge on any atom is 0.0464 e. The lowest BCUT2D eigenvalue weighted by molar-refractivity contribution is 0.795. The Hall–Kier alpha value is -4.30.